The number of rotatable bonds is 6. The van der Waals surface area contributed by atoms with Crippen LogP contribution in [0, 0.1) is 6.92 Å². The number of aryl methyl sites for hydroxylation is 1. The van der Waals surface area contributed by atoms with Gasteiger partial charge < -0.3 is 19.4 Å². The fourth-order valence-electron chi connectivity index (χ4n) is 6.47. The lowest BCUT2D eigenvalue weighted by atomic mass is 9.79. The second-order valence-corrected chi connectivity index (χ2v) is 10.9. The van der Waals surface area contributed by atoms with Crippen LogP contribution in [0.25, 0.3) is 10.9 Å². The van der Waals surface area contributed by atoms with E-state index >= 15 is 0 Å². The van der Waals surface area contributed by atoms with Gasteiger partial charge in [-0.2, -0.15) is 15.1 Å². The van der Waals surface area contributed by atoms with Gasteiger partial charge in [0.1, 0.15) is 12.4 Å². The Morgan fingerprint density at radius 3 is 2.79 bits per heavy atom. The molecule has 3 aliphatic rings. The molecule has 2 saturated heterocycles. The second kappa shape index (κ2) is 10.4. The van der Waals surface area contributed by atoms with E-state index in [0.717, 1.165) is 62.3 Å². The van der Waals surface area contributed by atoms with E-state index in [1.54, 1.807) is 0 Å². The van der Waals surface area contributed by atoms with Crippen molar-refractivity contribution >= 4 is 22.6 Å². The van der Waals surface area contributed by atoms with Crippen LogP contribution in [0.4, 0.5) is 5.82 Å². The number of carbonyl (C=O) groups is 1. The molecule has 2 atom stereocenters. The molecule has 38 heavy (non-hydrogen) atoms. The number of fused-ring (bicyclic) bond motifs is 2. The third-order valence-electron chi connectivity index (χ3n) is 8.67. The Kier molecular flexibility index (Phi) is 6.78. The molecule has 1 N–H and O–H groups in total. The molecule has 0 radical (unpaired) electrons. The molecule has 1 aliphatic carbocycles. The molecule has 4 heterocycles. The van der Waals surface area contributed by atoms with Gasteiger partial charge in [0.15, 0.2) is 0 Å². The predicted octanol–water partition coefficient (Wildman–Crippen LogP) is 3.24. The molecule has 9 nitrogen and oxygen atoms in total. The molecular formula is C29H37N7O2. The lowest BCUT2D eigenvalue weighted by Crippen LogP contribution is -2.49. The molecule has 2 unspecified atom stereocenters. The summed E-state index contributed by atoms with van der Waals surface area (Å²) in [5, 5.41) is 8.64. The van der Waals surface area contributed by atoms with Crippen LogP contribution in [0.15, 0.2) is 31.0 Å². The summed E-state index contributed by atoms with van der Waals surface area (Å²) in [5.74, 6) is 1.33. The predicted molar refractivity (Wildman–Crippen MR) is 148 cm³/mol. The Morgan fingerprint density at radius 1 is 1.18 bits per heavy atom. The van der Waals surface area contributed by atoms with Gasteiger partial charge in [-0.05, 0) is 81.8 Å². The summed E-state index contributed by atoms with van der Waals surface area (Å²) in [6, 6.07) is 5.18. The number of ether oxygens (including phenoxy) is 1. The summed E-state index contributed by atoms with van der Waals surface area (Å²) in [6.45, 7) is 10.4. The first-order chi connectivity index (χ1) is 18.5. The average molecular weight is 516 g/mol. The van der Waals surface area contributed by atoms with E-state index in [2.05, 4.69) is 52.7 Å². The Hall–Kier alpha value is -3.46. The highest BCUT2D eigenvalue weighted by atomic mass is 16.5. The minimum atomic E-state index is -0.00861. The molecule has 1 aromatic carbocycles. The summed E-state index contributed by atoms with van der Waals surface area (Å²) < 4.78 is 6.27. The summed E-state index contributed by atoms with van der Waals surface area (Å²) in [5.41, 5.74) is 6.06. The van der Waals surface area contributed by atoms with Crippen LogP contribution in [-0.2, 0) is 17.6 Å². The van der Waals surface area contributed by atoms with Crippen molar-refractivity contribution in [1.82, 2.24) is 30.0 Å². The molecule has 1 amide bonds. The first kappa shape index (κ1) is 24.9. The fraction of sp³-hybridized carbons (Fsp3) is 0.517. The zero-order valence-electron chi connectivity index (χ0n) is 22.4. The van der Waals surface area contributed by atoms with Crippen molar-refractivity contribution in [3.8, 4) is 6.01 Å². The van der Waals surface area contributed by atoms with E-state index in [1.165, 1.54) is 34.6 Å². The van der Waals surface area contributed by atoms with Gasteiger partial charge in [0.05, 0.1) is 17.4 Å². The molecule has 200 valence electrons. The molecule has 2 aliphatic heterocycles. The maximum atomic E-state index is 12.1. The molecule has 0 bridgehead atoms. The van der Waals surface area contributed by atoms with Crippen molar-refractivity contribution in [2.75, 3.05) is 51.3 Å². The molecule has 0 saturated carbocycles. The van der Waals surface area contributed by atoms with E-state index < -0.39 is 0 Å². The molecule has 9 heteroatoms. The van der Waals surface area contributed by atoms with Crippen molar-refractivity contribution in [3.63, 3.8) is 0 Å². The largest absolute Gasteiger partial charge is 0.462 e. The number of benzene rings is 1. The van der Waals surface area contributed by atoms with Crippen LogP contribution in [0.5, 0.6) is 6.01 Å². The molecule has 2 fully saturated rings. The second-order valence-electron chi connectivity index (χ2n) is 10.9. The Balaban J connectivity index is 1.31. The monoisotopic (exact) mass is 515 g/mol. The van der Waals surface area contributed by atoms with Crippen molar-refractivity contribution in [1.29, 1.82) is 0 Å². The number of aromatic amines is 1. The number of hydrogen-bond acceptors (Lipinski definition) is 7. The van der Waals surface area contributed by atoms with Gasteiger partial charge in [0, 0.05) is 43.2 Å². The van der Waals surface area contributed by atoms with Gasteiger partial charge in [-0.1, -0.05) is 12.6 Å². The number of anilines is 1. The number of likely N-dealkylation sites (tertiary alicyclic amines) is 1. The van der Waals surface area contributed by atoms with Crippen LogP contribution in [0.3, 0.4) is 0 Å². The first-order valence-corrected chi connectivity index (χ1v) is 13.8. The maximum absolute atomic E-state index is 12.1. The lowest BCUT2D eigenvalue weighted by molar-refractivity contribution is -0.126. The number of nitrogens with one attached hydrogen (secondary N) is 1. The van der Waals surface area contributed by atoms with Crippen LogP contribution in [0.2, 0.25) is 0 Å². The van der Waals surface area contributed by atoms with E-state index in [4.69, 9.17) is 14.7 Å². The summed E-state index contributed by atoms with van der Waals surface area (Å²) >= 11 is 0. The Bertz CT molecular complexity index is 1340. The van der Waals surface area contributed by atoms with E-state index in [0.29, 0.717) is 37.7 Å². The van der Waals surface area contributed by atoms with Crippen LogP contribution >= 0.6 is 0 Å². The maximum Gasteiger partial charge on any atom is 0.318 e. The van der Waals surface area contributed by atoms with Crippen molar-refractivity contribution in [2.24, 2.45) is 0 Å². The number of piperazine rings is 1. The highest BCUT2D eigenvalue weighted by Gasteiger charge is 2.31. The van der Waals surface area contributed by atoms with Gasteiger partial charge in [0.2, 0.25) is 5.91 Å². The van der Waals surface area contributed by atoms with Gasteiger partial charge >= 0.3 is 6.01 Å². The van der Waals surface area contributed by atoms with Crippen molar-refractivity contribution in [2.45, 2.75) is 51.0 Å². The van der Waals surface area contributed by atoms with Crippen LogP contribution in [-0.4, -0.2) is 88.3 Å². The quantitative estimate of drug-likeness (QED) is 0.504. The van der Waals surface area contributed by atoms with Gasteiger partial charge in [-0.3, -0.25) is 9.89 Å². The van der Waals surface area contributed by atoms with Crippen LogP contribution in [0.1, 0.15) is 47.6 Å². The standard InChI is InChI=1S/C29H37N7O2/c1-4-26(37)35-12-14-36(15-13-35)28-22-9-8-20(27-19(2)7-10-24-23(27)17-30-33-24)16-25(22)31-29(32-28)38-18-21-6-5-11-34(21)3/h4,7,10,17,20-21H,1,5-6,8-9,11-16,18H2,2-3H3,(H,30,33). The number of amides is 1. The topological polar surface area (TPSA) is 90.5 Å². The zero-order chi connectivity index (χ0) is 26.2. The third-order valence-corrected chi connectivity index (χ3v) is 8.67. The normalized spacial score (nSPS) is 22.1. The first-order valence-electron chi connectivity index (χ1n) is 13.8. The molecule has 3 aromatic rings. The number of carbonyl (C=O) groups excluding carboxylic acids is 1. The lowest BCUT2D eigenvalue weighted by Gasteiger charge is -2.37. The highest BCUT2D eigenvalue weighted by molar-refractivity contribution is 5.87. The number of hydrogen-bond donors (Lipinski definition) is 1. The molecule has 2 aromatic heterocycles. The van der Waals surface area contributed by atoms with E-state index in [9.17, 15) is 4.79 Å². The van der Waals surface area contributed by atoms with E-state index in [-0.39, 0.29) is 5.91 Å². The molecule has 0 spiro atoms. The SMILES string of the molecule is C=CC(=O)N1CCN(c2nc(OCC3CCCN3C)nc3c2CCC(c2c(C)ccc4[nH]ncc24)C3)CC1. The Labute approximate surface area is 223 Å². The number of likely N-dealkylation sites (N-methyl/N-ethyl adjacent to an activating group) is 1. The number of nitrogens with zero attached hydrogens (tertiary/aromatic N) is 6. The van der Waals surface area contributed by atoms with Crippen LogP contribution < -0.4 is 9.64 Å². The fourth-order valence-corrected chi connectivity index (χ4v) is 6.47. The Morgan fingerprint density at radius 2 is 2.03 bits per heavy atom. The highest BCUT2D eigenvalue weighted by Crippen LogP contribution is 2.40. The minimum absolute atomic E-state index is 0.00861. The summed E-state index contributed by atoms with van der Waals surface area (Å²) in [7, 11) is 2.16. The summed E-state index contributed by atoms with van der Waals surface area (Å²) in [4.78, 5) is 28.6. The van der Waals surface area contributed by atoms with E-state index in [1.807, 2.05) is 11.1 Å². The van der Waals surface area contributed by atoms with Gasteiger partial charge in [-0.15, -0.1) is 0 Å². The van der Waals surface area contributed by atoms with Crippen molar-refractivity contribution in [3.05, 3.63) is 53.4 Å². The smallest absolute Gasteiger partial charge is 0.318 e. The van der Waals surface area contributed by atoms with Gasteiger partial charge in [0.25, 0.3) is 0 Å². The average Bonchev–Trinajstić information content (AvgIpc) is 3.59. The number of aromatic nitrogens is 4. The van der Waals surface area contributed by atoms with Crippen molar-refractivity contribution < 1.29 is 9.53 Å². The number of H-pyrrole nitrogens is 1. The molecule has 6 rings (SSSR count). The minimum Gasteiger partial charge on any atom is -0.462 e. The molecular weight excluding hydrogens is 478 g/mol. The zero-order valence-corrected chi connectivity index (χ0v) is 22.4. The van der Waals surface area contributed by atoms with Gasteiger partial charge in [-0.25, -0.2) is 0 Å². The summed E-state index contributed by atoms with van der Waals surface area (Å²) in [6.07, 6.45) is 8.51. The third kappa shape index (κ3) is 4.64.